The predicted molar refractivity (Wildman–Crippen MR) is 97.8 cm³/mol. The first-order valence-electron chi connectivity index (χ1n) is 9.49. The molecule has 2 aromatic heterocycles. The van der Waals surface area contributed by atoms with Crippen LogP contribution in [0.2, 0.25) is 0 Å². The zero-order valence-electron chi connectivity index (χ0n) is 15.2. The van der Waals surface area contributed by atoms with Gasteiger partial charge in [0.2, 0.25) is 5.89 Å². The first-order chi connectivity index (χ1) is 13.3. The number of likely N-dealkylation sites (tertiary alicyclic amines) is 1. The zero-order valence-corrected chi connectivity index (χ0v) is 16.0. The molecular formula is C18H24N4O4S. The van der Waals surface area contributed by atoms with E-state index in [0.717, 1.165) is 45.4 Å². The number of thiazole rings is 1. The molecule has 9 heteroatoms. The number of carbonyl (C=O) groups excluding carboxylic acids is 1. The van der Waals surface area contributed by atoms with Crippen molar-refractivity contribution in [2.24, 2.45) is 0 Å². The molecule has 27 heavy (non-hydrogen) atoms. The molecular weight excluding hydrogens is 368 g/mol. The second-order valence-corrected chi connectivity index (χ2v) is 7.66. The van der Waals surface area contributed by atoms with E-state index < -0.39 is 0 Å². The van der Waals surface area contributed by atoms with E-state index in [1.165, 1.54) is 11.3 Å². The zero-order chi connectivity index (χ0) is 18.5. The fraction of sp³-hybridized carbons (Fsp3) is 0.667. The molecule has 1 atom stereocenters. The van der Waals surface area contributed by atoms with Crippen LogP contribution in [0.25, 0.3) is 0 Å². The number of ether oxygens (including phenoxy) is 2. The van der Waals surface area contributed by atoms with Gasteiger partial charge in [-0.3, -0.25) is 4.79 Å². The van der Waals surface area contributed by atoms with E-state index in [4.69, 9.17) is 14.0 Å². The van der Waals surface area contributed by atoms with Crippen LogP contribution in [0, 0.1) is 0 Å². The highest BCUT2D eigenvalue weighted by Crippen LogP contribution is 2.25. The number of amides is 1. The third-order valence-corrected chi connectivity index (χ3v) is 5.64. The summed E-state index contributed by atoms with van der Waals surface area (Å²) in [5.41, 5.74) is 2.21. The van der Waals surface area contributed by atoms with Gasteiger partial charge in [-0.1, -0.05) is 5.16 Å². The highest BCUT2D eigenvalue weighted by molar-refractivity contribution is 7.07. The number of piperidine rings is 1. The van der Waals surface area contributed by atoms with Crippen LogP contribution in [0.5, 0.6) is 0 Å². The minimum absolute atomic E-state index is 0.0104. The molecule has 0 radical (unpaired) electrons. The summed E-state index contributed by atoms with van der Waals surface area (Å²) in [6.07, 6.45) is 4.43. The van der Waals surface area contributed by atoms with Gasteiger partial charge in [0.05, 0.1) is 18.2 Å². The van der Waals surface area contributed by atoms with Crippen LogP contribution in [-0.2, 0) is 15.9 Å². The van der Waals surface area contributed by atoms with Gasteiger partial charge in [0.1, 0.15) is 5.69 Å². The van der Waals surface area contributed by atoms with Gasteiger partial charge in [-0.05, 0) is 25.7 Å². The first kappa shape index (κ1) is 18.5. The van der Waals surface area contributed by atoms with Crippen molar-refractivity contribution >= 4 is 17.2 Å². The van der Waals surface area contributed by atoms with E-state index in [-0.39, 0.29) is 12.0 Å². The van der Waals surface area contributed by atoms with Crippen LogP contribution >= 0.6 is 11.3 Å². The van der Waals surface area contributed by atoms with Crippen LogP contribution < -0.4 is 0 Å². The van der Waals surface area contributed by atoms with Crippen molar-refractivity contribution in [3.05, 3.63) is 28.3 Å². The van der Waals surface area contributed by atoms with E-state index in [9.17, 15) is 4.79 Å². The number of nitrogens with zero attached hydrogens (tertiary/aromatic N) is 4. The molecule has 4 heterocycles. The standard InChI is InChI=1S/C18H24N4O4S/c23-18(15-11-27-12-19-15)22-6-1-2-14(10-22)25-9-5-16-20-17(26-21-16)13-3-7-24-8-4-13/h11-14H,1-10H2. The van der Waals surface area contributed by atoms with Crippen LogP contribution in [0.15, 0.2) is 15.4 Å². The topological polar surface area (TPSA) is 90.6 Å². The summed E-state index contributed by atoms with van der Waals surface area (Å²) in [6.45, 7) is 3.40. The van der Waals surface area contributed by atoms with Crippen molar-refractivity contribution in [2.75, 3.05) is 32.9 Å². The van der Waals surface area contributed by atoms with Crippen molar-refractivity contribution in [3.8, 4) is 0 Å². The molecule has 1 unspecified atom stereocenters. The molecule has 2 fully saturated rings. The summed E-state index contributed by atoms with van der Waals surface area (Å²) in [5, 5.41) is 5.86. The second kappa shape index (κ2) is 8.90. The highest BCUT2D eigenvalue weighted by Gasteiger charge is 2.26. The van der Waals surface area contributed by atoms with Crippen molar-refractivity contribution < 1.29 is 18.8 Å². The van der Waals surface area contributed by atoms with Gasteiger partial charge in [-0.15, -0.1) is 11.3 Å². The van der Waals surface area contributed by atoms with Crippen molar-refractivity contribution in [1.29, 1.82) is 0 Å². The molecule has 0 aromatic carbocycles. The summed E-state index contributed by atoms with van der Waals surface area (Å²) in [7, 11) is 0. The molecule has 0 aliphatic carbocycles. The fourth-order valence-electron chi connectivity index (χ4n) is 3.54. The monoisotopic (exact) mass is 392 g/mol. The van der Waals surface area contributed by atoms with E-state index in [2.05, 4.69) is 15.1 Å². The number of aromatic nitrogens is 3. The van der Waals surface area contributed by atoms with Crippen molar-refractivity contribution in [1.82, 2.24) is 20.0 Å². The van der Waals surface area contributed by atoms with Crippen LogP contribution in [0.1, 0.15) is 53.8 Å². The largest absolute Gasteiger partial charge is 0.381 e. The molecule has 2 aliphatic rings. The van der Waals surface area contributed by atoms with E-state index in [1.54, 1.807) is 10.9 Å². The molecule has 2 aliphatic heterocycles. The SMILES string of the molecule is O=C(c1cscn1)N1CCCC(OCCc2noc(C3CCOCC3)n2)C1. The number of rotatable bonds is 6. The molecule has 1 amide bonds. The molecule has 0 spiro atoms. The second-order valence-electron chi connectivity index (χ2n) is 6.95. The lowest BCUT2D eigenvalue weighted by Gasteiger charge is -2.32. The van der Waals surface area contributed by atoms with Gasteiger partial charge in [0.15, 0.2) is 5.82 Å². The molecule has 4 rings (SSSR count). The van der Waals surface area contributed by atoms with Gasteiger partial charge in [0.25, 0.3) is 5.91 Å². The van der Waals surface area contributed by atoms with Crippen molar-refractivity contribution in [2.45, 2.75) is 44.1 Å². The summed E-state index contributed by atoms with van der Waals surface area (Å²) >= 11 is 1.44. The molecule has 0 N–H and O–H groups in total. The summed E-state index contributed by atoms with van der Waals surface area (Å²) < 4.78 is 16.8. The average molecular weight is 392 g/mol. The number of hydrogen-bond acceptors (Lipinski definition) is 8. The quantitative estimate of drug-likeness (QED) is 0.745. The normalized spacial score (nSPS) is 21.5. The smallest absolute Gasteiger partial charge is 0.273 e. The maximum atomic E-state index is 12.4. The lowest BCUT2D eigenvalue weighted by Crippen LogP contribution is -2.43. The third kappa shape index (κ3) is 4.72. The Morgan fingerprint density at radius 1 is 1.33 bits per heavy atom. The van der Waals surface area contributed by atoms with Crippen LogP contribution in [0.4, 0.5) is 0 Å². The molecule has 2 saturated heterocycles. The molecule has 2 aromatic rings. The van der Waals surface area contributed by atoms with E-state index in [1.807, 2.05) is 4.90 Å². The van der Waals surface area contributed by atoms with Gasteiger partial charge >= 0.3 is 0 Å². The van der Waals surface area contributed by atoms with Gasteiger partial charge in [-0.2, -0.15) is 4.98 Å². The minimum Gasteiger partial charge on any atom is -0.381 e. The predicted octanol–water partition coefficient (Wildman–Crippen LogP) is 2.28. The fourth-order valence-corrected chi connectivity index (χ4v) is 4.06. The third-order valence-electron chi connectivity index (χ3n) is 5.05. The average Bonchev–Trinajstić information content (AvgIpc) is 3.41. The van der Waals surface area contributed by atoms with Crippen molar-refractivity contribution in [3.63, 3.8) is 0 Å². The Balaban J connectivity index is 1.23. The Morgan fingerprint density at radius 3 is 3.04 bits per heavy atom. The maximum Gasteiger partial charge on any atom is 0.273 e. The molecule has 146 valence electrons. The summed E-state index contributed by atoms with van der Waals surface area (Å²) in [6, 6.07) is 0. The first-order valence-corrected chi connectivity index (χ1v) is 10.4. The maximum absolute atomic E-state index is 12.4. The van der Waals surface area contributed by atoms with E-state index >= 15 is 0 Å². The van der Waals surface area contributed by atoms with E-state index in [0.29, 0.717) is 42.9 Å². The van der Waals surface area contributed by atoms with Gasteiger partial charge in [-0.25, -0.2) is 4.98 Å². The summed E-state index contributed by atoms with van der Waals surface area (Å²) in [5.74, 6) is 1.70. The molecule has 8 nitrogen and oxygen atoms in total. The summed E-state index contributed by atoms with van der Waals surface area (Å²) in [4.78, 5) is 22.9. The lowest BCUT2D eigenvalue weighted by molar-refractivity contribution is 0.00235. The Labute approximate surface area is 161 Å². The Morgan fingerprint density at radius 2 is 2.22 bits per heavy atom. The Hall–Kier alpha value is -1.84. The van der Waals surface area contributed by atoms with Crippen LogP contribution in [0.3, 0.4) is 0 Å². The number of hydrogen-bond donors (Lipinski definition) is 0. The van der Waals surface area contributed by atoms with Crippen LogP contribution in [-0.4, -0.2) is 64.9 Å². The Kier molecular flexibility index (Phi) is 6.10. The lowest BCUT2D eigenvalue weighted by atomic mass is 10.0. The van der Waals surface area contributed by atoms with Gasteiger partial charge < -0.3 is 18.9 Å². The molecule has 0 bridgehead atoms. The minimum atomic E-state index is -0.0104. The van der Waals surface area contributed by atoms with Gasteiger partial charge in [0, 0.05) is 44.0 Å². The molecule has 0 saturated carbocycles. The Bertz CT molecular complexity index is 730. The number of carbonyl (C=O) groups is 1. The highest BCUT2D eigenvalue weighted by atomic mass is 32.1.